The minimum Gasteiger partial charge on any atom is -0.379 e. The van der Waals surface area contributed by atoms with E-state index in [2.05, 4.69) is 0 Å². The van der Waals surface area contributed by atoms with Crippen molar-refractivity contribution in [1.29, 1.82) is 0 Å². The van der Waals surface area contributed by atoms with Crippen LogP contribution in [0.3, 0.4) is 0 Å². The molecule has 6 nitrogen and oxygen atoms in total. The largest absolute Gasteiger partial charge is 0.379 e. The van der Waals surface area contributed by atoms with Gasteiger partial charge in [0.15, 0.2) is 15.4 Å². The molecule has 1 amide bonds. The molecule has 12 heavy (non-hydrogen) atoms. The summed E-state index contributed by atoms with van der Waals surface area (Å²) >= 11 is 0. The van der Waals surface area contributed by atoms with Gasteiger partial charge >= 0.3 is 0 Å². The molecule has 3 N–H and O–H groups in total. The van der Waals surface area contributed by atoms with Crippen LogP contribution in [0.25, 0.3) is 0 Å². The Morgan fingerprint density at radius 1 is 1.58 bits per heavy atom. The minimum absolute atomic E-state index is 0.730. The second-order valence-electron chi connectivity index (χ2n) is 2.78. The van der Waals surface area contributed by atoms with E-state index in [0.717, 1.165) is 13.2 Å². The summed E-state index contributed by atoms with van der Waals surface area (Å²) in [6.45, 7) is 1.000. The first-order valence-corrected chi connectivity index (χ1v) is 5.10. The zero-order valence-electron chi connectivity index (χ0n) is 6.73. The van der Waals surface area contributed by atoms with Gasteiger partial charge in [0.1, 0.15) is 0 Å². The number of carbonyl (C=O) groups excluding carboxylic acids is 1. The third-order valence-corrected chi connectivity index (χ3v) is 2.22. The number of carbonyl (C=O) groups is 1. The smallest absolute Gasteiger partial charge is 0.276 e. The molecular formula is C5H11NO5S. The van der Waals surface area contributed by atoms with Crippen LogP contribution in [0.15, 0.2) is 0 Å². The van der Waals surface area contributed by atoms with E-state index in [9.17, 15) is 13.2 Å². The molecule has 7 heteroatoms. The van der Waals surface area contributed by atoms with Gasteiger partial charge < -0.3 is 5.11 Å². The van der Waals surface area contributed by atoms with Gasteiger partial charge in [0, 0.05) is 6.26 Å². The molecule has 0 aromatic carbocycles. The Balaban J connectivity index is 4.54. The van der Waals surface area contributed by atoms with Crippen molar-refractivity contribution in [3.05, 3.63) is 0 Å². The summed E-state index contributed by atoms with van der Waals surface area (Å²) in [5.74, 6) is -1.88. The van der Waals surface area contributed by atoms with Gasteiger partial charge in [-0.15, -0.1) is 0 Å². The molecule has 1 atom stereocenters. The highest BCUT2D eigenvalue weighted by molar-refractivity contribution is 7.90. The Kier molecular flexibility index (Phi) is 3.19. The molecular weight excluding hydrogens is 186 g/mol. The molecule has 0 aliphatic heterocycles. The Morgan fingerprint density at radius 2 is 2.00 bits per heavy atom. The maximum Gasteiger partial charge on any atom is 0.276 e. The van der Waals surface area contributed by atoms with Crippen molar-refractivity contribution in [3.63, 3.8) is 0 Å². The van der Waals surface area contributed by atoms with E-state index in [1.165, 1.54) is 5.48 Å². The number of hydrogen-bond donors (Lipinski definition) is 3. The molecule has 72 valence electrons. The predicted octanol–water partition coefficient (Wildman–Crippen LogP) is -1.71. The SMILES string of the molecule is CC(O)(CS(C)(=O)=O)C(=O)NO. The zero-order valence-corrected chi connectivity index (χ0v) is 7.55. The van der Waals surface area contributed by atoms with Gasteiger partial charge in [0.2, 0.25) is 0 Å². The molecule has 0 heterocycles. The lowest BCUT2D eigenvalue weighted by Crippen LogP contribution is -2.47. The van der Waals surface area contributed by atoms with Crippen molar-refractivity contribution < 1.29 is 23.5 Å². The lowest BCUT2D eigenvalue weighted by Gasteiger charge is -2.18. The first kappa shape index (κ1) is 11.3. The highest BCUT2D eigenvalue weighted by Crippen LogP contribution is 2.06. The summed E-state index contributed by atoms with van der Waals surface area (Å²) in [7, 11) is -3.46. The van der Waals surface area contributed by atoms with Crippen LogP contribution in [-0.2, 0) is 14.6 Å². The molecule has 0 bridgehead atoms. The van der Waals surface area contributed by atoms with Gasteiger partial charge in [-0.3, -0.25) is 10.0 Å². The van der Waals surface area contributed by atoms with E-state index >= 15 is 0 Å². The van der Waals surface area contributed by atoms with Crippen molar-refractivity contribution in [2.75, 3.05) is 12.0 Å². The number of nitrogens with one attached hydrogen (secondary N) is 1. The maximum atomic E-state index is 10.6. The van der Waals surface area contributed by atoms with Crippen LogP contribution in [0.4, 0.5) is 0 Å². The number of amides is 1. The average Bonchev–Trinajstić information content (AvgIpc) is 1.80. The van der Waals surface area contributed by atoms with Crippen LogP contribution >= 0.6 is 0 Å². The Bertz CT molecular complexity index is 268. The molecule has 1 unspecified atom stereocenters. The lowest BCUT2D eigenvalue weighted by molar-refractivity contribution is -0.144. The molecule has 0 aliphatic rings. The summed E-state index contributed by atoms with van der Waals surface area (Å²) in [4.78, 5) is 10.6. The molecule has 0 saturated carbocycles. The Labute approximate surface area is 70.1 Å². The Hall–Kier alpha value is -0.660. The van der Waals surface area contributed by atoms with E-state index in [1.54, 1.807) is 0 Å². The van der Waals surface area contributed by atoms with Crippen molar-refractivity contribution in [2.45, 2.75) is 12.5 Å². The summed E-state index contributed by atoms with van der Waals surface area (Å²) in [6.07, 6.45) is 0.881. The first-order valence-electron chi connectivity index (χ1n) is 3.04. The van der Waals surface area contributed by atoms with Gasteiger partial charge in [-0.25, -0.2) is 13.9 Å². The molecule has 0 fully saturated rings. The number of hydrogen-bond acceptors (Lipinski definition) is 5. The molecule has 0 aromatic rings. The van der Waals surface area contributed by atoms with Crippen molar-refractivity contribution in [1.82, 2.24) is 5.48 Å². The second kappa shape index (κ2) is 3.38. The molecule has 0 aliphatic carbocycles. The molecule has 0 spiro atoms. The van der Waals surface area contributed by atoms with E-state index in [0.29, 0.717) is 0 Å². The fourth-order valence-electron chi connectivity index (χ4n) is 0.697. The lowest BCUT2D eigenvalue weighted by atomic mass is 10.1. The van der Waals surface area contributed by atoms with Crippen LogP contribution in [0.2, 0.25) is 0 Å². The molecule has 0 aromatic heterocycles. The summed E-state index contributed by atoms with van der Waals surface area (Å²) in [5.41, 5.74) is -0.920. The van der Waals surface area contributed by atoms with Gasteiger partial charge in [0.25, 0.3) is 5.91 Å². The average molecular weight is 197 g/mol. The quantitative estimate of drug-likeness (QED) is 0.369. The number of aliphatic hydroxyl groups is 1. The van der Waals surface area contributed by atoms with Crippen molar-refractivity contribution >= 4 is 15.7 Å². The highest BCUT2D eigenvalue weighted by Gasteiger charge is 2.33. The van der Waals surface area contributed by atoms with Gasteiger partial charge in [-0.1, -0.05) is 0 Å². The van der Waals surface area contributed by atoms with E-state index in [-0.39, 0.29) is 0 Å². The standard InChI is InChI=1S/C5H11NO5S/c1-5(8,4(7)6-9)3-12(2,10)11/h8-9H,3H2,1-2H3,(H,6,7). The van der Waals surface area contributed by atoms with Crippen LogP contribution in [-0.4, -0.2) is 42.2 Å². The maximum absolute atomic E-state index is 10.6. The fraction of sp³-hybridized carbons (Fsp3) is 0.800. The van der Waals surface area contributed by atoms with Crippen LogP contribution in [0.1, 0.15) is 6.92 Å². The normalized spacial score (nSPS) is 16.7. The van der Waals surface area contributed by atoms with Gasteiger partial charge in [-0.2, -0.15) is 0 Å². The summed E-state index contributed by atoms with van der Waals surface area (Å²) < 4.78 is 21.3. The number of rotatable bonds is 3. The van der Waals surface area contributed by atoms with Crippen LogP contribution < -0.4 is 5.48 Å². The number of hydroxylamine groups is 1. The highest BCUT2D eigenvalue weighted by atomic mass is 32.2. The van der Waals surface area contributed by atoms with Crippen LogP contribution in [0, 0.1) is 0 Å². The van der Waals surface area contributed by atoms with Crippen molar-refractivity contribution in [2.24, 2.45) is 0 Å². The topological polar surface area (TPSA) is 104 Å². The third kappa shape index (κ3) is 3.65. The van der Waals surface area contributed by atoms with Crippen LogP contribution in [0.5, 0.6) is 0 Å². The van der Waals surface area contributed by atoms with E-state index in [1.807, 2.05) is 0 Å². The third-order valence-electron chi connectivity index (χ3n) is 1.13. The molecule has 0 saturated heterocycles. The second-order valence-corrected chi connectivity index (χ2v) is 4.93. The fourth-order valence-corrected chi connectivity index (χ4v) is 1.85. The molecule has 0 rings (SSSR count). The summed E-state index contributed by atoms with van der Waals surface area (Å²) in [6, 6.07) is 0. The van der Waals surface area contributed by atoms with E-state index in [4.69, 9.17) is 10.3 Å². The van der Waals surface area contributed by atoms with Gasteiger partial charge in [-0.05, 0) is 6.92 Å². The zero-order chi connectivity index (χ0) is 9.99. The van der Waals surface area contributed by atoms with E-state index < -0.39 is 27.1 Å². The monoisotopic (exact) mass is 197 g/mol. The van der Waals surface area contributed by atoms with Crippen molar-refractivity contribution in [3.8, 4) is 0 Å². The summed E-state index contributed by atoms with van der Waals surface area (Å²) in [5, 5.41) is 17.3. The first-order chi connectivity index (χ1) is 5.19. The minimum atomic E-state index is -3.46. The Morgan fingerprint density at radius 3 is 2.25 bits per heavy atom. The predicted molar refractivity (Wildman–Crippen MR) is 40.3 cm³/mol. The molecule has 0 radical (unpaired) electrons. The van der Waals surface area contributed by atoms with Gasteiger partial charge in [0.05, 0.1) is 5.75 Å². The number of sulfone groups is 1.